The van der Waals surface area contributed by atoms with Gasteiger partial charge in [0.1, 0.15) is 0 Å². The molecule has 0 saturated carbocycles. The highest BCUT2D eigenvalue weighted by atomic mass is 15.1. The topological polar surface area (TPSA) is 3.24 Å². The molecule has 1 heteroatoms. The Bertz CT molecular complexity index is 2960. The summed E-state index contributed by atoms with van der Waals surface area (Å²) in [7, 11) is 0. The van der Waals surface area contributed by atoms with Crippen molar-refractivity contribution >= 4 is 49.4 Å². The largest absolute Gasteiger partial charge is 0.310 e. The van der Waals surface area contributed by atoms with E-state index < -0.39 is 0 Å². The summed E-state index contributed by atoms with van der Waals surface area (Å²) in [6.07, 6.45) is 0. The van der Waals surface area contributed by atoms with Crippen molar-refractivity contribution < 1.29 is 0 Å². The van der Waals surface area contributed by atoms with Gasteiger partial charge in [-0.15, -0.1) is 0 Å². The first-order chi connectivity index (χ1) is 27.2. The summed E-state index contributed by atoms with van der Waals surface area (Å²) in [5.41, 5.74) is 12.9. The molecule has 0 atom stereocenters. The number of nitrogens with zero attached hydrogens (tertiary/aromatic N) is 1. The highest BCUT2D eigenvalue weighted by molar-refractivity contribution is 6.09. The molecule has 1 nitrogen and oxygen atoms in total. The van der Waals surface area contributed by atoms with Crippen LogP contribution in [0.4, 0.5) is 17.1 Å². The fraction of sp³-hybridized carbons (Fsp3) is 0. The highest BCUT2D eigenvalue weighted by Gasteiger charge is 2.18. The SMILES string of the molecule is c1ccc(-c2cccc(-c3ccc(N(c4ccc(-c5ccc6ccccc6c5)cc4)c4ccc5ccc6ccccc6c5c4)cc3-c3ccccc3)c2)cc1. The van der Waals surface area contributed by atoms with E-state index in [0.29, 0.717) is 0 Å². The molecule has 0 unspecified atom stereocenters. The summed E-state index contributed by atoms with van der Waals surface area (Å²) in [6.45, 7) is 0. The van der Waals surface area contributed by atoms with E-state index in [1.165, 1.54) is 76.8 Å². The molecule has 0 heterocycles. The van der Waals surface area contributed by atoms with Gasteiger partial charge in [0.15, 0.2) is 0 Å². The maximum Gasteiger partial charge on any atom is 0.0468 e. The molecule has 10 aromatic rings. The van der Waals surface area contributed by atoms with Gasteiger partial charge in [0.2, 0.25) is 0 Å². The van der Waals surface area contributed by atoms with E-state index in [4.69, 9.17) is 0 Å². The Morgan fingerprint density at radius 3 is 1.53 bits per heavy atom. The molecule has 0 bridgehead atoms. The van der Waals surface area contributed by atoms with E-state index in [0.717, 1.165) is 17.1 Å². The van der Waals surface area contributed by atoms with Crippen molar-refractivity contribution in [3.05, 3.63) is 224 Å². The van der Waals surface area contributed by atoms with Crippen LogP contribution >= 0.6 is 0 Å². The van der Waals surface area contributed by atoms with Gasteiger partial charge in [0.05, 0.1) is 0 Å². The first-order valence-electron chi connectivity index (χ1n) is 18.9. The quantitative estimate of drug-likeness (QED) is 0.150. The van der Waals surface area contributed by atoms with E-state index in [9.17, 15) is 0 Å². The zero-order valence-corrected chi connectivity index (χ0v) is 30.3. The number of fused-ring (bicyclic) bond motifs is 4. The van der Waals surface area contributed by atoms with Gasteiger partial charge >= 0.3 is 0 Å². The third-order valence-electron chi connectivity index (χ3n) is 10.8. The molecule has 0 aliphatic heterocycles. The van der Waals surface area contributed by atoms with Crippen molar-refractivity contribution in [1.82, 2.24) is 0 Å². The minimum absolute atomic E-state index is 1.10. The van der Waals surface area contributed by atoms with Crippen LogP contribution < -0.4 is 4.90 Å². The zero-order chi connectivity index (χ0) is 36.6. The molecule has 0 aromatic heterocycles. The molecule has 10 rings (SSSR count). The fourth-order valence-corrected chi connectivity index (χ4v) is 8.02. The Morgan fingerprint density at radius 1 is 0.218 bits per heavy atom. The van der Waals surface area contributed by atoms with E-state index in [-0.39, 0.29) is 0 Å². The van der Waals surface area contributed by atoms with Crippen molar-refractivity contribution in [2.45, 2.75) is 0 Å². The molecule has 55 heavy (non-hydrogen) atoms. The van der Waals surface area contributed by atoms with Crippen LogP contribution in [0.25, 0.3) is 76.8 Å². The average Bonchev–Trinajstić information content (AvgIpc) is 3.27. The van der Waals surface area contributed by atoms with Crippen LogP contribution in [0.2, 0.25) is 0 Å². The number of anilines is 3. The monoisotopic (exact) mass is 699 g/mol. The van der Waals surface area contributed by atoms with Gasteiger partial charge in [-0.05, 0) is 125 Å². The minimum atomic E-state index is 1.10. The van der Waals surface area contributed by atoms with Crippen LogP contribution in [0.3, 0.4) is 0 Å². The van der Waals surface area contributed by atoms with Gasteiger partial charge in [0, 0.05) is 17.1 Å². The Kier molecular flexibility index (Phi) is 8.24. The van der Waals surface area contributed by atoms with Gasteiger partial charge in [-0.2, -0.15) is 0 Å². The van der Waals surface area contributed by atoms with Gasteiger partial charge in [0.25, 0.3) is 0 Å². The normalized spacial score (nSPS) is 11.3. The third kappa shape index (κ3) is 6.22. The molecule has 10 aromatic carbocycles. The van der Waals surface area contributed by atoms with Crippen LogP contribution in [0.5, 0.6) is 0 Å². The summed E-state index contributed by atoms with van der Waals surface area (Å²) in [5.74, 6) is 0. The molecule has 258 valence electrons. The van der Waals surface area contributed by atoms with Crippen molar-refractivity contribution in [3.63, 3.8) is 0 Å². The van der Waals surface area contributed by atoms with Crippen molar-refractivity contribution in [3.8, 4) is 44.5 Å². The lowest BCUT2D eigenvalue weighted by Crippen LogP contribution is -2.10. The molecule has 0 aliphatic rings. The molecule has 0 fully saturated rings. The van der Waals surface area contributed by atoms with Gasteiger partial charge in [-0.1, -0.05) is 176 Å². The summed E-state index contributed by atoms with van der Waals surface area (Å²) in [5, 5.41) is 7.47. The molecule has 0 N–H and O–H groups in total. The Balaban J connectivity index is 1.15. The molecule has 0 radical (unpaired) electrons. The first-order valence-corrected chi connectivity index (χ1v) is 18.9. The first kappa shape index (κ1) is 32.4. The second kappa shape index (κ2) is 14.0. The molecule has 0 aliphatic carbocycles. The smallest absolute Gasteiger partial charge is 0.0468 e. The molecule has 0 amide bonds. The lowest BCUT2D eigenvalue weighted by Gasteiger charge is -2.27. The summed E-state index contributed by atoms with van der Waals surface area (Å²) in [4.78, 5) is 2.40. The van der Waals surface area contributed by atoms with Crippen molar-refractivity contribution in [2.24, 2.45) is 0 Å². The van der Waals surface area contributed by atoms with Gasteiger partial charge in [-0.25, -0.2) is 0 Å². The molecule has 0 saturated heterocycles. The number of hydrogen-bond acceptors (Lipinski definition) is 1. The van der Waals surface area contributed by atoms with Crippen molar-refractivity contribution in [1.29, 1.82) is 0 Å². The van der Waals surface area contributed by atoms with Crippen LogP contribution in [0, 0.1) is 0 Å². The molecule has 0 spiro atoms. The average molecular weight is 700 g/mol. The van der Waals surface area contributed by atoms with Gasteiger partial charge < -0.3 is 4.90 Å². The molecular weight excluding hydrogens is 663 g/mol. The van der Waals surface area contributed by atoms with Crippen molar-refractivity contribution in [2.75, 3.05) is 4.90 Å². The lowest BCUT2D eigenvalue weighted by atomic mass is 9.91. The van der Waals surface area contributed by atoms with Crippen LogP contribution in [0.15, 0.2) is 224 Å². The standard InChI is InChI=1S/C54H37N/c1-3-12-38(13-4-1)45-19-11-20-47(35-45)52-33-32-50(37-53(52)41-15-5-2-6-16-41)55(49-31-28-43-24-23-42-17-9-10-21-51(42)54(43)36-49)48-29-26-40(27-30-48)46-25-22-39-14-7-8-18-44(39)34-46/h1-37H. The predicted octanol–water partition coefficient (Wildman–Crippen LogP) is 15.3. The molecular formula is C54H37N. The number of rotatable bonds is 7. The maximum absolute atomic E-state index is 2.40. The minimum Gasteiger partial charge on any atom is -0.310 e. The van der Waals surface area contributed by atoms with Crippen LogP contribution in [-0.4, -0.2) is 0 Å². The maximum atomic E-state index is 2.40. The van der Waals surface area contributed by atoms with E-state index in [2.05, 4.69) is 229 Å². The second-order valence-corrected chi connectivity index (χ2v) is 14.2. The lowest BCUT2D eigenvalue weighted by molar-refractivity contribution is 1.29. The fourth-order valence-electron chi connectivity index (χ4n) is 8.02. The van der Waals surface area contributed by atoms with Crippen LogP contribution in [-0.2, 0) is 0 Å². The van der Waals surface area contributed by atoms with Gasteiger partial charge in [-0.3, -0.25) is 0 Å². The third-order valence-corrected chi connectivity index (χ3v) is 10.8. The predicted molar refractivity (Wildman–Crippen MR) is 235 cm³/mol. The van der Waals surface area contributed by atoms with E-state index >= 15 is 0 Å². The van der Waals surface area contributed by atoms with E-state index in [1.807, 2.05) is 0 Å². The second-order valence-electron chi connectivity index (χ2n) is 14.2. The Hall–Kier alpha value is -7.22. The number of hydrogen-bond donors (Lipinski definition) is 0. The van der Waals surface area contributed by atoms with E-state index in [1.54, 1.807) is 0 Å². The zero-order valence-electron chi connectivity index (χ0n) is 30.3. The highest BCUT2D eigenvalue weighted by Crippen LogP contribution is 2.43. The summed E-state index contributed by atoms with van der Waals surface area (Å²) < 4.78 is 0. The number of benzene rings is 10. The van der Waals surface area contributed by atoms with Crippen LogP contribution in [0.1, 0.15) is 0 Å². The summed E-state index contributed by atoms with van der Waals surface area (Å²) in [6, 6.07) is 81.6. The Morgan fingerprint density at radius 2 is 0.727 bits per heavy atom. The Labute approximate surface area is 322 Å². The summed E-state index contributed by atoms with van der Waals surface area (Å²) >= 11 is 0.